The highest BCUT2D eigenvalue weighted by Crippen LogP contribution is 2.08. The molecular formula is C7H4F2N4. The molecular weight excluding hydrogens is 178 g/mol. The third-order valence-corrected chi connectivity index (χ3v) is 1.37. The minimum absolute atomic E-state index is 0.0949. The highest BCUT2D eigenvalue weighted by molar-refractivity contribution is 5.41. The second kappa shape index (κ2) is 2.89. The van der Waals surface area contributed by atoms with Crippen molar-refractivity contribution >= 4 is 0 Å². The largest absolute Gasteiger partial charge is 0.342 e. The summed E-state index contributed by atoms with van der Waals surface area (Å²) in [5.41, 5.74) is 0. The summed E-state index contributed by atoms with van der Waals surface area (Å²) in [5, 5.41) is 0. The maximum atomic E-state index is 12.6. The number of hydrogen-bond donors (Lipinski definition) is 1. The molecule has 0 amide bonds. The van der Waals surface area contributed by atoms with Crippen LogP contribution in [-0.2, 0) is 0 Å². The van der Waals surface area contributed by atoms with Crippen molar-refractivity contribution in [2.24, 2.45) is 0 Å². The number of aromatic amines is 1. The Kier molecular flexibility index (Phi) is 1.73. The summed E-state index contributed by atoms with van der Waals surface area (Å²) < 4.78 is 25.2. The second-order valence-electron chi connectivity index (χ2n) is 2.27. The SMILES string of the molecule is Fc1cc(F)nc(-c2ncc[nH]2)n1. The van der Waals surface area contributed by atoms with Gasteiger partial charge in [0.05, 0.1) is 0 Å². The number of nitrogens with one attached hydrogen (secondary N) is 1. The third kappa shape index (κ3) is 1.51. The van der Waals surface area contributed by atoms with Crippen LogP contribution in [0.15, 0.2) is 18.5 Å². The van der Waals surface area contributed by atoms with Gasteiger partial charge in [0.1, 0.15) is 0 Å². The Morgan fingerprint density at radius 2 is 1.85 bits per heavy atom. The maximum Gasteiger partial charge on any atom is 0.219 e. The Hall–Kier alpha value is -1.85. The zero-order valence-electron chi connectivity index (χ0n) is 6.33. The number of H-pyrrole nitrogens is 1. The van der Waals surface area contributed by atoms with Crippen LogP contribution >= 0.6 is 0 Å². The first-order valence-corrected chi connectivity index (χ1v) is 3.45. The molecule has 0 radical (unpaired) electrons. The number of imidazole rings is 1. The van der Waals surface area contributed by atoms with Crippen LogP contribution in [0.4, 0.5) is 8.78 Å². The molecule has 2 aromatic heterocycles. The van der Waals surface area contributed by atoms with Gasteiger partial charge >= 0.3 is 0 Å². The summed E-state index contributed by atoms with van der Waals surface area (Å²) in [4.78, 5) is 13.1. The van der Waals surface area contributed by atoms with Crippen molar-refractivity contribution in [3.8, 4) is 11.6 Å². The highest BCUT2D eigenvalue weighted by atomic mass is 19.1. The van der Waals surface area contributed by atoms with E-state index in [2.05, 4.69) is 19.9 Å². The normalized spacial score (nSPS) is 10.3. The average Bonchev–Trinajstić information content (AvgIpc) is 2.53. The van der Waals surface area contributed by atoms with Crippen molar-refractivity contribution in [3.63, 3.8) is 0 Å². The molecule has 0 bridgehead atoms. The Labute approximate surface area is 71.7 Å². The number of rotatable bonds is 1. The fourth-order valence-corrected chi connectivity index (χ4v) is 0.884. The lowest BCUT2D eigenvalue weighted by Gasteiger charge is -1.94. The van der Waals surface area contributed by atoms with Crippen LogP contribution in [0.3, 0.4) is 0 Å². The van der Waals surface area contributed by atoms with E-state index in [9.17, 15) is 8.78 Å². The molecule has 0 aliphatic rings. The Bertz CT molecular complexity index is 392. The zero-order valence-corrected chi connectivity index (χ0v) is 6.33. The lowest BCUT2D eigenvalue weighted by molar-refractivity contribution is 0.527. The molecule has 0 unspecified atom stereocenters. The van der Waals surface area contributed by atoms with Crippen molar-refractivity contribution in [2.75, 3.05) is 0 Å². The molecule has 6 heteroatoms. The van der Waals surface area contributed by atoms with Crippen LogP contribution in [0.1, 0.15) is 0 Å². The van der Waals surface area contributed by atoms with Crippen molar-refractivity contribution in [3.05, 3.63) is 30.4 Å². The molecule has 0 spiro atoms. The Morgan fingerprint density at radius 3 is 2.38 bits per heavy atom. The van der Waals surface area contributed by atoms with Crippen molar-refractivity contribution < 1.29 is 8.78 Å². The van der Waals surface area contributed by atoms with E-state index in [1.807, 2.05) is 0 Å². The summed E-state index contributed by atoms with van der Waals surface area (Å²) in [6, 6.07) is 0.604. The molecule has 2 aromatic rings. The van der Waals surface area contributed by atoms with Gasteiger partial charge < -0.3 is 4.98 Å². The van der Waals surface area contributed by atoms with Crippen LogP contribution in [0.2, 0.25) is 0 Å². The topological polar surface area (TPSA) is 54.5 Å². The molecule has 0 aliphatic carbocycles. The van der Waals surface area contributed by atoms with E-state index in [0.717, 1.165) is 0 Å². The van der Waals surface area contributed by atoms with E-state index in [1.54, 1.807) is 0 Å². The number of halogens is 2. The number of aromatic nitrogens is 4. The number of hydrogen-bond acceptors (Lipinski definition) is 3. The molecule has 2 rings (SSSR count). The molecule has 13 heavy (non-hydrogen) atoms. The predicted molar refractivity (Wildman–Crippen MR) is 39.5 cm³/mol. The van der Waals surface area contributed by atoms with Crippen LogP contribution in [0.5, 0.6) is 0 Å². The summed E-state index contributed by atoms with van der Waals surface area (Å²) in [5.74, 6) is -1.70. The molecule has 0 fully saturated rings. The molecule has 0 saturated heterocycles. The predicted octanol–water partition coefficient (Wildman–Crippen LogP) is 1.14. The quantitative estimate of drug-likeness (QED) is 0.673. The van der Waals surface area contributed by atoms with Crippen molar-refractivity contribution in [2.45, 2.75) is 0 Å². The van der Waals surface area contributed by atoms with E-state index >= 15 is 0 Å². The third-order valence-electron chi connectivity index (χ3n) is 1.37. The van der Waals surface area contributed by atoms with E-state index < -0.39 is 11.9 Å². The van der Waals surface area contributed by atoms with Gasteiger partial charge in [0.15, 0.2) is 5.82 Å². The van der Waals surface area contributed by atoms with Gasteiger partial charge in [0.2, 0.25) is 17.7 Å². The molecule has 2 heterocycles. The van der Waals surface area contributed by atoms with Crippen LogP contribution in [0.25, 0.3) is 11.6 Å². The van der Waals surface area contributed by atoms with Gasteiger partial charge in [-0.2, -0.15) is 18.7 Å². The van der Waals surface area contributed by atoms with Crippen LogP contribution < -0.4 is 0 Å². The van der Waals surface area contributed by atoms with Crippen molar-refractivity contribution in [1.29, 1.82) is 0 Å². The number of nitrogens with zero attached hydrogens (tertiary/aromatic N) is 3. The van der Waals surface area contributed by atoms with E-state index in [0.29, 0.717) is 6.07 Å². The molecule has 1 N–H and O–H groups in total. The first kappa shape index (κ1) is 7.78. The molecule has 0 atom stereocenters. The van der Waals surface area contributed by atoms with Gasteiger partial charge in [0.25, 0.3) is 0 Å². The standard InChI is InChI=1S/C7H4F2N4/c8-4-3-5(9)13-7(12-4)6-10-1-2-11-6/h1-3H,(H,10,11). The van der Waals surface area contributed by atoms with E-state index in [-0.39, 0.29) is 11.6 Å². The fourth-order valence-electron chi connectivity index (χ4n) is 0.884. The fraction of sp³-hybridized carbons (Fsp3) is 0. The van der Waals surface area contributed by atoms with Gasteiger partial charge in [-0.1, -0.05) is 0 Å². The highest BCUT2D eigenvalue weighted by Gasteiger charge is 2.07. The van der Waals surface area contributed by atoms with E-state index in [1.165, 1.54) is 12.4 Å². The van der Waals surface area contributed by atoms with Gasteiger partial charge in [-0.3, -0.25) is 0 Å². The minimum Gasteiger partial charge on any atom is -0.342 e. The van der Waals surface area contributed by atoms with E-state index in [4.69, 9.17) is 0 Å². The Balaban J connectivity index is 2.53. The van der Waals surface area contributed by atoms with Crippen molar-refractivity contribution in [1.82, 2.24) is 19.9 Å². The van der Waals surface area contributed by atoms with Gasteiger partial charge in [-0.05, 0) is 0 Å². The lowest BCUT2D eigenvalue weighted by atomic mass is 10.5. The molecule has 0 aromatic carbocycles. The smallest absolute Gasteiger partial charge is 0.219 e. The van der Waals surface area contributed by atoms with Crippen LogP contribution in [0, 0.1) is 11.9 Å². The summed E-state index contributed by atoms with van der Waals surface area (Å²) in [6.45, 7) is 0. The minimum atomic E-state index is -0.918. The first-order valence-electron chi connectivity index (χ1n) is 3.45. The molecule has 0 saturated carbocycles. The zero-order chi connectivity index (χ0) is 9.26. The monoisotopic (exact) mass is 182 g/mol. The second-order valence-corrected chi connectivity index (χ2v) is 2.27. The Morgan fingerprint density at radius 1 is 1.15 bits per heavy atom. The molecule has 4 nitrogen and oxygen atoms in total. The molecule has 0 aliphatic heterocycles. The summed E-state index contributed by atoms with van der Waals surface area (Å²) in [6.07, 6.45) is 2.96. The maximum absolute atomic E-state index is 12.6. The van der Waals surface area contributed by atoms with Gasteiger partial charge in [-0.25, -0.2) is 4.98 Å². The summed E-state index contributed by atoms with van der Waals surface area (Å²) in [7, 11) is 0. The van der Waals surface area contributed by atoms with Gasteiger partial charge in [-0.15, -0.1) is 0 Å². The van der Waals surface area contributed by atoms with Gasteiger partial charge in [0, 0.05) is 18.5 Å². The lowest BCUT2D eigenvalue weighted by Crippen LogP contribution is -1.96. The average molecular weight is 182 g/mol. The molecule has 66 valence electrons. The van der Waals surface area contributed by atoms with Crippen LogP contribution in [-0.4, -0.2) is 19.9 Å². The first-order chi connectivity index (χ1) is 6.25. The summed E-state index contributed by atoms with van der Waals surface area (Å²) >= 11 is 0.